The second kappa shape index (κ2) is 8.03. The van der Waals surface area contributed by atoms with E-state index in [1.807, 2.05) is 41.9 Å². The van der Waals surface area contributed by atoms with E-state index < -0.39 is 0 Å². The third-order valence-electron chi connectivity index (χ3n) is 4.41. The minimum absolute atomic E-state index is 0.0260. The van der Waals surface area contributed by atoms with Crippen LogP contribution in [0.4, 0.5) is 5.82 Å². The van der Waals surface area contributed by atoms with Crippen molar-refractivity contribution in [2.75, 3.05) is 18.6 Å². The van der Waals surface area contributed by atoms with E-state index in [1.165, 1.54) is 0 Å². The highest BCUT2D eigenvalue weighted by Crippen LogP contribution is 2.22. The number of hydrogen-bond donors (Lipinski definition) is 1. The van der Waals surface area contributed by atoms with Crippen molar-refractivity contribution in [1.82, 2.24) is 15.1 Å². The number of aromatic nitrogens is 2. The summed E-state index contributed by atoms with van der Waals surface area (Å²) in [6.45, 7) is 3.53. The average molecular weight is 356 g/mol. The van der Waals surface area contributed by atoms with E-state index in [1.54, 1.807) is 12.0 Å². The SMILES string of the molecule is COc1cccc(CNC(=O)CCCN2C(=O)CCn3nc(C)cc32)c1. The van der Waals surface area contributed by atoms with Crippen LogP contribution in [0.25, 0.3) is 0 Å². The van der Waals surface area contributed by atoms with E-state index in [2.05, 4.69) is 10.4 Å². The molecule has 7 heteroatoms. The minimum Gasteiger partial charge on any atom is -0.497 e. The van der Waals surface area contributed by atoms with Crippen LogP contribution in [0.15, 0.2) is 30.3 Å². The summed E-state index contributed by atoms with van der Waals surface area (Å²) in [5.74, 6) is 1.67. The van der Waals surface area contributed by atoms with Gasteiger partial charge in [-0.05, 0) is 31.0 Å². The number of nitrogens with one attached hydrogen (secondary N) is 1. The minimum atomic E-state index is -0.0260. The van der Waals surface area contributed by atoms with Gasteiger partial charge >= 0.3 is 0 Å². The quantitative estimate of drug-likeness (QED) is 0.824. The predicted octanol–water partition coefficient (Wildman–Crippen LogP) is 2.03. The number of ether oxygens (including phenoxy) is 1. The van der Waals surface area contributed by atoms with Gasteiger partial charge in [0, 0.05) is 32.0 Å². The maximum absolute atomic E-state index is 12.2. The van der Waals surface area contributed by atoms with Gasteiger partial charge in [0.1, 0.15) is 11.6 Å². The molecule has 0 saturated carbocycles. The molecule has 26 heavy (non-hydrogen) atoms. The van der Waals surface area contributed by atoms with E-state index in [-0.39, 0.29) is 11.8 Å². The summed E-state index contributed by atoms with van der Waals surface area (Å²) in [6, 6.07) is 9.52. The number of methoxy groups -OCH3 is 1. The number of rotatable bonds is 7. The molecule has 7 nitrogen and oxygen atoms in total. The summed E-state index contributed by atoms with van der Waals surface area (Å²) < 4.78 is 7.04. The molecule has 0 aliphatic carbocycles. The molecule has 0 bridgehead atoms. The largest absolute Gasteiger partial charge is 0.497 e. The first-order valence-corrected chi connectivity index (χ1v) is 8.81. The Hall–Kier alpha value is -2.83. The number of carbonyl (C=O) groups excluding carboxylic acids is 2. The highest BCUT2D eigenvalue weighted by Gasteiger charge is 2.25. The summed E-state index contributed by atoms with van der Waals surface area (Å²) in [7, 11) is 1.62. The van der Waals surface area contributed by atoms with Crippen molar-refractivity contribution in [3.8, 4) is 5.75 Å². The Bertz CT molecular complexity index is 800. The maximum atomic E-state index is 12.2. The third kappa shape index (κ3) is 4.22. The van der Waals surface area contributed by atoms with Crippen LogP contribution in [0, 0.1) is 6.92 Å². The summed E-state index contributed by atoms with van der Waals surface area (Å²) >= 11 is 0. The third-order valence-corrected chi connectivity index (χ3v) is 4.41. The lowest BCUT2D eigenvalue weighted by Gasteiger charge is -2.27. The number of anilines is 1. The fourth-order valence-corrected chi connectivity index (χ4v) is 3.09. The normalized spacial score (nSPS) is 13.5. The van der Waals surface area contributed by atoms with Gasteiger partial charge < -0.3 is 10.1 Å². The Kier molecular flexibility index (Phi) is 5.55. The Balaban J connectivity index is 1.47. The number of amides is 2. The molecule has 1 aliphatic rings. The summed E-state index contributed by atoms with van der Waals surface area (Å²) in [5.41, 5.74) is 1.89. The van der Waals surface area contributed by atoms with Gasteiger partial charge in [-0.25, -0.2) is 4.68 Å². The van der Waals surface area contributed by atoms with Gasteiger partial charge in [0.25, 0.3) is 0 Å². The van der Waals surface area contributed by atoms with E-state index in [9.17, 15) is 9.59 Å². The van der Waals surface area contributed by atoms with Crippen LogP contribution in [-0.4, -0.2) is 35.2 Å². The van der Waals surface area contributed by atoms with Crippen molar-refractivity contribution in [2.45, 2.75) is 39.3 Å². The summed E-state index contributed by atoms with van der Waals surface area (Å²) in [6.07, 6.45) is 1.44. The summed E-state index contributed by atoms with van der Waals surface area (Å²) in [5, 5.41) is 7.30. The molecule has 2 heterocycles. The van der Waals surface area contributed by atoms with Crippen LogP contribution in [0.1, 0.15) is 30.5 Å². The fraction of sp³-hybridized carbons (Fsp3) is 0.421. The van der Waals surface area contributed by atoms with Crippen LogP contribution in [0.3, 0.4) is 0 Å². The Morgan fingerprint density at radius 2 is 2.19 bits per heavy atom. The molecule has 1 aromatic carbocycles. The predicted molar refractivity (Wildman–Crippen MR) is 98.0 cm³/mol. The lowest BCUT2D eigenvalue weighted by molar-refractivity contribution is -0.122. The number of aryl methyl sites for hydroxylation is 2. The number of benzene rings is 1. The number of nitrogens with zero attached hydrogens (tertiary/aromatic N) is 3. The molecule has 0 atom stereocenters. The fourth-order valence-electron chi connectivity index (χ4n) is 3.09. The van der Waals surface area contributed by atoms with Crippen LogP contribution in [-0.2, 0) is 22.7 Å². The van der Waals surface area contributed by atoms with Gasteiger partial charge in [0.2, 0.25) is 11.8 Å². The lowest BCUT2D eigenvalue weighted by Crippen LogP contribution is -2.38. The highest BCUT2D eigenvalue weighted by molar-refractivity contribution is 5.93. The maximum Gasteiger partial charge on any atom is 0.229 e. The summed E-state index contributed by atoms with van der Waals surface area (Å²) in [4.78, 5) is 26.0. The molecule has 1 aromatic heterocycles. The van der Waals surface area contributed by atoms with Crippen LogP contribution >= 0.6 is 0 Å². The Morgan fingerprint density at radius 3 is 3.00 bits per heavy atom. The van der Waals surface area contributed by atoms with Crippen molar-refractivity contribution in [1.29, 1.82) is 0 Å². The molecule has 2 aromatic rings. The molecule has 138 valence electrons. The zero-order valence-corrected chi connectivity index (χ0v) is 15.2. The monoisotopic (exact) mass is 356 g/mol. The van der Waals surface area contributed by atoms with Crippen molar-refractivity contribution >= 4 is 17.6 Å². The molecular weight excluding hydrogens is 332 g/mol. The first-order valence-electron chi connectivity index (χ1n) is 8.81. The molecule has 0 fully saturated rings. The molecule has 0 unspecified atom stereocenters. The first-order chi connectivity index (χ1) is 12.6. The van der Waals surface area contributed by atoms with E-state index in [4.69, 9.17) is 4.74 Å². The van der Waals surface area contributed by atoms with Gasteiger partial charge in [-0.3, -0.25) is 14.5 Å². The number of carbonyl (C=O) groups is 2. The zero-order chi connectivity index (χ0) is 18.5. The van der Waals surface area contributed by atoms with Crippen LogP contribution in [0.5, 0.6) is 5.75 Å². The Morgan fingerprint density at radius 1 is 1.35 bits per heavy atom. The molecule has 0 saturated heterocycles. The van der Waals surface area contributed by atoms with Crippen LogP contribution < -0.4 is 15.0 Å². The smallest absolute Gasteiger partial charge is 0.229 e. The lowest BCUT2D eigenvalue weighted by atomic mass is 10.2. The van der Waals surface area contributed by atoms with Gasteiger partial charge in [0.05, 0.1) is 19.3 Å². The molecule has 1 aliphatic heterocycles. The van der Waals surface area contributed by atoms with Crippen molar-refractivity contribution < 1.29 is 14.3 Å². The molecule has 0 radical (unpaired) electrons. The molecule has 3 rings (SSSR count). The van der Waals surface area contributed by atoms with Gasteiger partial charge in [0.15, 0.2) is 0 Å². The van der Waals surface area contributed by atoms with E-state index >= 15 is 0 Å². The van der Waals surface area contributed by atoms with Crippen molar-refractivity contribution in [3.05, 3.63) is 41.6 Å². The second-order valence-electron chi connectivity index (χ2n) is 6.39. The van der Waals surface area contributed by atoms with E-state index in [0.717, 1.165) is 22.8 Å². The second-order valence-corrected chi connectivity index (χ2v) is 6.39. The van der Waals surface area contributed by atoms with Gasteiger partial charge in [-0.1, -0.05) is 12.1 Å². The first kappa shape index (κ1) is 18.0. The standard InChI is InChI=1S/C19H24N4O3/c1-14-11-18-22(19(25)8-10-23(18)21-14)9-4-7-17(24)20-13-15-5-3-6-16(12-15)26-2/h3,5-6,11-12H,4,7-10,13H2,1-2H3,(H,20,24). The highest BCUT2D eigenvalue weighted by atomic mass is 16.5. The zero-order valence-electron chi connectivity index (χ0n) is 15.2. The molecule has 0 spiro atoms. The van der Waals surface area contributed by atoms with Gasteiger partial charge in [-0.15, -0.1) is 0 Å². The van der Waals surface area contributed by atoms with Gasteiger partial charge in [-0.2, -0.15) is 5.10 Å². The number of hydrogen-bond acceptors (Lipinski definition) is 4. The van der Waals surface area contributed by atoms with E-state index in [0.29, 0.717) is 38.9 Å². The number of fused-ring (bicyclic) bond motifs is 1. The molecule has 2 amide bonds. The average Bonchev–Trinajstić information content (AvgIpc) is 3.02. The Labute approximate surface area is 152 Å². The van der Waals surface area contributed by atoms with Crippen molar-refractivity contribution in [3.63, 3.8) is 0 Å². The topological polar surface area (TPSA) is 76.5 Å². The van der Waals surface area contributed by atoms with Crippen LogP contribution in [0.2, 0.25) is 0 Å². The molecular formula is C19H24N4O3. The van der Waals surface area contributed by atoms with Crippen molar-refractivity contribution in [2.24, 2.45) is 0 Å². The molecule has 1 N–H and O–H groups in total.